The number of anilines is 1. The summed E-state index contributed by atoms with van der Waals surface area (Å²) >= 11 is 1.39. The zero-order valence-electron chi connectivity index (χ0n) is 17.7. The fraction of sp³-hybridized carbons (Fsp3) is 0.455. The maximum absolute atomic E-state index is 12.7. The Morgan fingerprint density at radius 1 is 1.00 bits per heavy atom. The summed E-state index contributed by atoms with van der Waals surface area (Å²) in [5.41, 5.74) is 2.20. The molecule has 1 aliphatic rings. The average molecular weight is 413 g/mol. The smallest absolute Gasteiger partial charge is 0.248 e. The molecule has 1 aliphatic heterocycles. The minimum absolute atomic E-state index is 0.0269. The molecule has 154 valence electrons. The molecule has 1 aromatic carbocycles. The lowest BCUT2D eigenvalue weighted by Crippen LogP contribution is -2.30. The van der Waals surface area contributed by atoms with Crippen molar-refractivity contribution in [1.82, 2.24) is 9.55 Å². The summed E-state index contributed by atoms with van der Waals surface area (Å²) in [7, 11) is 0. The van der Waals surface area contributed by atoms with Crippen molar-refractivity contribution in [3.63, 3.8) is 0 Å². The second kappa shape index (κ2) is 8.53. The van der Waals surface area contributed by atoms with Gasteiger partial charge in [-0.3, -0.25) is 14.2 Å². The zero-order chi connectivity index (χ0) is 21.2. The zero-order valence-corrected chi connectivity index (χ0v) is 18.5. The number of hydrazone groups is 1. The van der Waals surface area contributed by atoms with Gasteiger partial charge in [0, 0.05) is 18.4 Å². The van der Waals surface area contributed by atoms with E-state index < -0.39 is 0 Å². The predicted octanol–water partition coefficient (Wildman–Crippen LogP) is 5.22. The highest BCUT2D eigenvalue weighted by Crippen LogP contribution is 2.38. The fourth-order valence-corrected chi connectivity index (χ4v) is 4.09. The molecule has 1 aromatic heterocycles. The molecule has 2 aromatic rings. The quantitative estimate of drug-likeness (QED) is 0.675. The Balaban J connectivity index is 2.02. The lowest BCUT2D eigenvalue weighted by molar-refractivity contribution is -0.118. The van der Waals surface area contributed by atoms with Crippen molar-refractivity contribution in [1.29, 1.82) is 0 Å². The third-order valence-corrected chi connectivity index (χ3v) is 5.80. The fourth-order valence-electron chi connectivity index (χ4n) is 3.05. The summed E-state index contributed by atoms with van der Waals surface area (Å²) in [6.07, 6.45) is 3.78. The molecular formula is C22H28N4O2S. The molecule has 6 nitrogen and oxygen atoms in total. The number of carbonyl (C=O) groups excluding carboxylic acids is 2. The molecule has 0 bridgehead atoms. The number of hydrogen-bond donors (Lipinski definition) is 0. The molecule has 0 radical (unpaired) electrons. The third-order valence-electron chi connectivity index (χ3n) is 4.72. The molecule has 0 saturated carbocycles. The van der Waals surface area contributed by atoms with Gasteiger partial charge >= 0.3 is 0 Å². The number of rotatable bonds is 5. The van der Waals surface area contributed by atoms with Crippen LogP contribution in [0.1, 0.15) is 76.2 Å². The SMILES string of the molecule is CCCC(=O)N1N=C(c2ccc(C(C)(C)C)cc2)Sc2c1ncn2C(=O)CCC. The van der Waals surface area contributed by atoms with Gasteiger partial charge in [-0.2, -0.15) is 10.1 Å². The first-order chi connectivity index (χ1) is 13.8. The Kier molecular flexibility index (Phi) is 6.27. The molecule has 0 spiro atoms. The Labute approximate surface area is 176 Å². The molecule has 2 heterocycles. The normalized spacial score (nSPS) is 13.8. The molecule has 7 heteroatoms. The number of benzene rings is 1. The van der Waals surface area contributed by atoms with Gasteiger partial charge in [-0.15, -0.1) is 0 Å². The summed E-state index contributed by atoms with van der Waals surface area (Å²) in [5.74, 6) is 0.292. The average Bonchev–Trinajstić information content (AvgIpc) is 3.11. The number of nitrogens with zero attached hydrogens (tertiary/aromatic N) is 4. The minimum atomic E-state index is -0.119. The monoisotopic (exact) mass is 412 g/mol. The maximum atomic E-state index is 12.7. The Morgan fingerprint density at radius 3 is 2.21 bits per heavy atom. The lowest BCUT2D eigenvalue weighted by atomic mass is 9.87. The first kappa shape index (κ1) is 21.3. The largest absolute Gasteiger partial charge is 0.274 e. The molecule has 0 aliphatic carbocycles. The molecule has 3 rings (SSSR count). The van der Waals surface area contributed by atoms with Crippen LogP contribution in [-0.2, 0) is 10.2 Å². The first-order valence-electron chi connectivity index (χ1n) is 10.1. The molecule has 29 heavy (non-hydrogen) atoms. The molecule has 0 N–H and O–H groups in total. The van der Waals surface area contributed by atoms with Gasteiger partial charge in [0.15, 0.2) is 5.82 Å². The Hall–Kier alpha value is -2.41. The van der Waals surface area contributed by atoms with E-state index in [4.69, 9.17) is 0 Å². The van der Waals surface area contributed by atoms with E-state index >= 15 is 0 Å². The van der Waals surface area contributed by atoms with Gasteiger partial charge in [-0.05, 0) is 35.6 Å². The van der Waals surface area contributed by atoms with Crippen LogP contribution < -0.4 is 5.01 Å². The van der Waals surface area contributed by atoms with Crippen molar-refractivity contribution in [2.75, 3.05) is 5.01 Å². The van der Waals surface area contributed by atoms with Gasteiger partial charge < -0.3 is 0 Å². The van der Waals surface area contributed by atoms with E-state index in [1.807, 2.05) is 26.0 Å². The van der Waals surface area contributed by atoms with Crippen LogP contribution in [0.3, 0.4) is 0 Å². The van der Waals surface area contributed by atoms with E-state index in [9.17, 15) is 9.59 Å². The van der Waals surface area contributed by atoms with E-state index in [-0.39, 0.29) is 17.2 Å². The van der Waals surface area contributed by atoms with Crippen LogP contribution >= 0.6 is 11.8 Å². The molecule has 1 amide bonds. The number of amides is 1. The van der Waals surface area contributed by atoms with Crippen molar-refractivity contribution in [3.8, 4) is 0 Å². The summed E-state index contributed by atoms with van der Waals surface area (Å²) < 4.78 is 1.55. The van der Waals surface area contributed by atoms with E-state index in [2.05, 4.69) is 43.0 Å². The van der Waals surface area contributed by atoms with Gasteiger partial charge in [0.05, 0.1) is 0 Å². The van der Waals surface area contributed by atoms with Crippen LogP contribution in [0.2, 0.25) is 0 Å². The summed E-state index contributed by atoms with van der Waals surface area (Å²) in [4.78, 5) is 29.6. The predicted molar refractivity (Wildman–Crippen MR) is 118 cm³/mol. The topological polar surface area (TPSA) is 67.6 Å². The maximum Gasteiger partial charge on any atom is 0.248 e. The van der Waals surface area contributed by atoms with Crippen LogP contribution in [0.4, 0.5) is 5.82 Å². The van der Waals surface area contributed by atoms with Crippen LogP contribution in [0.15, 0.2) is 40.7 Å². The number of fused-ring (bicyclic) bond motifs is 1. The first-order valence-corrected chi connectivity index (χ1v) is 10.9. The van der Waals surface area contributed by atoms with E-state index in [0.29, 0.717) is 28.7 Å². The third kappa shape index (κ3) is 4.45. The summed E-state index contributed by atoms with van der Waals surface area (Å²) in [5, 5.41) is 7.30. The number of hydrogen-bond acceptors (Lipinski definition) is 5. The number of aromatic nitrogens is 2. The van der Waals surface area contributed by atoms with Crippen molar-refractivity contribution < 1.29 is 9.59 Å². The van der Waals surface area contributed by atoms with Crippen molar-refractivity contribution >= 4 is 34.4 Å². The van der Waals surface area contributed by atoms with Crippen LogP contribution in [-0.4, -0.2) is 26.4 Å². The Morgan fingerprint density at radius 2 is 1.62 bits per heavy atom. The van der Waals surface area contributed by atoms with Crippen molar-refractivity contribution in [3.05, 3.63) is 41.7 Å². The van der Waals surface area contributed by atoms with Gasteiger partial charge in [-0.1, -0.05) is 58.9 Å². The Bertz CT molecular complexity index is 939. The van der Waals surface area contributed by atoms with Crippen LogP contribution in [0.5, 0.6) is 0 Å². The molecule has 0 atom stereocenters. The molecule has 0 fully saturated rings. The van der Waals surface area contributed by atoms with Gasteiger partial charge in [-0.25, -0.2) is 4.98 Å². The highest BCUT2D eigenvalue weighted by atomic mass is 32.2. The van der Waals surface area contributed by atoms with Crippen LogP contribution in [0, 0.1) is 0 Å². The molecular weight excluding hydrogens is 384 g/mol. The van der Waals surface area contributed by atoms with E-state index in [1.165, 1.54) is 28.7 Å². The van der Waals surface area contributed by atoms with E-state index in [0.717, 1.165) is 18.4 Å². The van der Waals surface area contributed by atoms with Crippen molar-refractivity contribution in [2.45, 2.75) is 70.7 Å². The lowest BCUT2D eigenvalue weighted by Gasteiger charge is -2.24. The number of carbonyl (C=O) groups is 2. The minimum Gasteiger partial charge on any atom is -0.274 e. The standard InChI is InChI=1S/C22H28N4O2S/c1-6-8-17(27)25-14-23-19-21(25)29-20(24-26(19)18(28)9-7-2)15-10-12-16(13-11-15)22(3,4)5/h10-14H,6-9H2,1-5H3. The van der Waals surface area contributed by atoms with Gasteiger partial charge in [0.1, 0.15) is 16.4 Å². The second-order valence-electron chi connectivity index (χ2n) is 8.18. The molecule has 0 unspecified atom stereocenters. The van der Waals surface area contributed by atoms with Gasteiger partial charge in [0.25, 0.3) is 0 Å². The molecule has 0 saturated heterocycles. The number of thioether (sulfide) groups is 1. The highest BCUT2D eigenvalue weighted by Gasteiger charge is 2.31. The highest BCUT2D eigenvalue weighted by molar-refractivity contribution is 8.14. The van der Waals surface area contributed by atoms with Crippen molar-refractivity contribution in [2.24, 2.45) is 5.10 Å². The second-order valence-corrected chi connectivity index (χ2v) is 9.15. The number of imidazole rings is 1. The summed E-state index contributed by atoms with van der Waals surface area (Å²) in [6, 6.07) is 8.22. The van der Waals surface area contributed by atoms with Gasteiger partial charge in [0.2, 0.25) is 11.8 Å². The summed E-state index contributed by atoms with van der Waals surface area (Å²) in [6.45, 7) is 10.4. The van der Waals surface area contributed by atoms with E-state index in [1.54, 1.807) is 4.57 Å². The van der Waals surface area contributed by atoms with Crippen LogP contribution in [0.25, 0.3) is 0 Å².